The summed E-state index contributed by atoms with van der Waals surface area (Å²) in [4.78, 5) is 55.2. The third-order valence-corrected chi connectivity index (χ3v) is 9.37. The number of fused-ring (bicyclic) bond motifs is 3. The maximum atomic E-state index is 13.8. The standard InChI is InChI=1S/C30H23Br2NO6/c31-15-3-8-23(35)20(11-15)25-17-6-7-18-26(19(17)12-21-27(25)24(36)13-22(32)28(21)37)30(39)33(29(18)38)10-9-14-1-4-16(34)5-2-14/h1-6,8,11,13,18-19,25-26,34-35H,7,9-10,12H2/t18-,19+,25+,26-/m0/s1. The Morgan fingerprint density at radius 3 is 2.41 bits per heavy atom. The first kappa shape index (κ1) is 26.0. The number of aromatic hydroxyl groups is 2. The van der Waals surface area contributed by atoms with Gasteiger partial charge in [-0.2, -0.15) is 0 Å². The summed E-state index contributed by atoms with van der Waals surface area (Å²) in [6.45, 7) is 0.215. The number of likely N-dealkylation sites (tertiary alicyclic amines) is 1. The molecule has 6 rings (SSSR count). The first-order chi connectivity index (χ1) is 18.7. The Balaban J connectivity index is 1.39. The Kier molecular flexibility index (Phi) is 6.46. The molecule has 2 aromatic carbocycles. The van der Waals surface area contributed by atoms with Crippen LogP contribution in [0, 0.1) is 17.8 Å². The molecule has 9 heteroatoms. The molecule has 39 heavy (non-hydrogen) atoms. The molecule has 4 atom stereocenters. The van der Waals surface area contributed by atoms with Crippen molar-refractivity contribution in [2.75, 3.05) is 6.54 Å². The summed E-state index contributed by atoms with van der Waals surface area (Å²) < 4.78 is 0.861. The highest BCUT2D eigenvalue weighted by Crippen LogP contribution is 2.56. The van der Waals surface area contributed by atoms with Crippen molar-refractivity contribution in [2.24, 2.45) is 17.8 Å². The molecular weight excluding hydrogens is 630 g/mol. The van der Waals surface area contributed by atoms with Gasteiger partial charge in [0.1, 0.15) is 11.5 Å². The number of hydrogen-bond acceptors (Lipinski definition) is 6. The summed E-state index contributed by atoms with van der Waals surface area (Å²) in [6, 6.07) is 11.6. The van der Waals surface area contributed by atoms with Crippen molar-refractivity contribution in [3.63, 3.8) is 0 Å². The van der Waals surface area contributed by atoms with Crippen LogP contribution in [0.5, 0.6) is 11.5 Å². The number of halogens is 2. The zero-order valence-corrected chi connectivity index (χ0v) is 23.7. The second-order valence-electron chi connectivity index (χ2n) is 10.3. The van der Waals surface area contributed by atoms with E-state index in [1.807, 2.05) is 6.08 Å². The van der Waals surface area contributed by atoms with Gasteiger partial charge in [0.15, 0.2) is 11.6 Å². The minimum Gasteiger partial charge on any atom is -0.508 e. The zero-order chi connectivity index (χ0) is 27.6. The van der Waals surface area contributed by atoms with Crippen molar-refractivity contribution in [2.45, 2.75) is 25.2 Å². The number of amides is 2. The largest absolute Gasteiger partial charge is 0.508 e. The first-order valence-corrected chi connectivity index (χ1v) is 14.2. The van der Waals surface area contributed by atoms with Crippen LogP contribution in [0.2, 0.25) is 0 Å². The number of phenols is 2. The lowest BCUT2D eigenvalue weighted by Gasteiger charge is -2.42. The highest BCUT2D eigenvalue weighted by Gasteiger charge is 2.56. The molecule has 0 bridgehead atoms. The molecular formula is C30H23Br2NO6. The summed E-state index contributed by atoms with van der Waals surface area (Å²) in [5, 5.41) is 20.4. The number of nitrogens with zero attached hydrogens (tertiary/aromatic N) is 1. The van der Waals surface area contributed by atoms with Crippen molar-refractivity contribution >= 4 is 55.2 Å². The predicted molar refractivity (Wildman–Crippen MR) is 149 cm³/mol. The van der Waals surface area contributed by atoms with E-state index in [4.69, 9.17) is 0 Å². The number of carbonyl (C=O) groups is 4. The van der Waals surface area contributed by atoms with Crippen LogP contribution in [-0.2, 0) is 25.6 Å². The van der Waals surface area contributed by atoms with Gasteiger partial charge in [0, 0.05) is 39.7 Å². The van der Waals surface area contributed by atoms with Crippen LogP contribution in [0.1, 0.15) is 29.9 Å². The summed E-state index contributed by atoms with van der Waals surface area (Å²) in [7, 11) is 0. The predicted octanol–water partition coefficient (Wildman–Crippen LogP) is 4.87. The number of imide groups is 1. The van der Waals surface area contributed by atoms with Crippen molar-refractivity contribution < 1.29 is 29.4 Å². The van der Waals surface area contributed by atoms with E-state index >= 15 is 0 Å². The molecule has 1 heterocycles. The van der Waals surface area contributed by atoms with E-state index in [-0.39, 0.29) is 52.3 Å². The van der Waals surface area contributed by atoms with E-state index in [0.29, 0.717) is 34.0 Å². The van der Waals surface area contributed by atoms with Gasteiger partial charge in [-0.05, 0) is 77.0 Å². The fourth-order valence-corrected chi connectivity index (χ4v) is 7.33. The number of rotatable bonds is 4. The van der Waals surface area contributed by atoms with Gasteiger partial charge in [-0.3, -0.25) is 24.1 Å². The minimum atomic E-state index is -0.709. The average molecular weight is 653 g/mol. The fraction of sp³-hybridized carbons (Fsp3) is 0.267. The molecule has 2 N–H and O–H groups in total. The van der Waals surface area contributed by atoms with Crippen LogP contribution in [-0.4, -0.2) is 45.0 Å². The maximum Gasteiger partial charge on any atom is 0.233 e. The molecule has 0 unspecified atom stereocenters. The summed E-state index contributed by atoms with van der Waals surface area (Å²) in [5.41, 5.74) is 2.79. The van der Waals surface area contributed by atoms with Crippen LogP contribution < -0.4 is 0 Å². The average Bonchev–Trinajstić information content (AvgIpc) is 3.16. The molecule has 2 amide bonds. The van der Waals surface area contributed by atoms with Gasteiger partial charge in [-0.1, -0.05) is 39.7 Å². The number of Topliss-reactive ketones (excluding diaryl/α,β-unsaturated/α-hetero) is 1. The topological polar surface area (TPSA) is 112 Å². The van der Waals surface area contributed by atoms with Crippen molar-refractivity contribution in [1.82, 2.24) is 4.90 Å². The van der Waals surface area contributed by atoms with Crippen molar-refractivity contribution in [3.8, 4) is 11.5 Å². The van der Waals surface area contributed by atoms with Crippen LogP contribution in [0.25, 0.3) is 0 Å². The Hall–Kier alpha value is -3.30. The third-order valence-electron chi connectivity index (χ3n) is 8.28. The highest BCUT2D eigenvalue weighted by atomic mass is 79.9. The lowest BCUT2D eigenvalue weighted by atomic mass is 9.59. The lowest BCUT2D eigenvalue weighted by molar-refractivity contribution is -0.140. The maximum absolute atomic E-state index is 13.8. The zero-order valence-electron chi connectivity index (χ0n) is 20.6. The van der Waals surface area contributed by atoms with Crippen LogP contribution in [0.15, 0.2) is 80.3 Å². The number of allylic oxidation sites excluding steroid dienone is 6. The Labute approximate surface area is 241 Å². The minimum absolute atomic E-state index is 0.0167. The molecule has 7 nitrogen and oxygen atoms in total. The van der Waals surface area contributed by atoms with Crippen molar-refractivity contribution in [3.05, 3.63) is 91.4 Å². The highest BCUT2D eigenvalue weighted by molar-refractivity contribution is 9.12. The van der Waals surface area contributed by atoms with Gasteiger partial charge in [0.25, 0.3) is 0 Å². The van der Waals surface area contributed by atoms with E-state index < -0.39 is 23.7 Å². The fourth-order valence-electron chi connectivity index (χ4n) is 6.51. The third kappa shape index (κ3) is 4.23. The summed E-state index contributed by atoms with van der Waals surface area (Å²) >= 11 is 6.67. The molecule has 0 aromatic heterocycles. The second kappa shape index (κ2) is 9.71. The van der Waals surface area contributed by atoms with Crippen LogP contribution >= 0.6 is 31.9 Å². The number of benzene rings is 2. The smallest absolute Gasteiger partial charge is 0.233 e. The van der Waals surface area contributed by atoms with Gasteiger partial charge < -0.3 is 10.2 Å². The van der Waals surface area contributed by atoms with E-state index in [2.05, 4.69) is 31.9 Å². The Morgan fingerprint density at radius 1 is 0.923 bits per heavy atom. The van der Waals surface area contributed by atoms with Gasteiger partial charge in [-0.25, -0.2) is 0 Å². The van der Waals surface area contributed by atoms with Crippen LogP contribution in [0.4, 0.5) is 0 Å². The van der Waals surface area contributed by atoms with E-state index in [1.165, 1.54) is 17.0 Å². The van der Waals surface area contributed by atoms with E-state index in [0.717, 1.165) is 11.1 Å². The van der Waals surface area contributed by atoms with Gasteiger partial charge in [0.2, 0.25) is 11.8 Å². The lowest BCUT2D eigenvalue weighted by Crippen LogP contribution is -2.39. The summed E-state index contributed by atoms with van der Waals surface area (Å²) in [6.07, 6.45) is 4.17. The second-order valence-corrected chi connectivity index (χ2v) is 12.1. The molecule has 3 aliphatic carbocycles. The number of ketones is 2. The monoisotopic (exact) mass is 651 g/mol. The SMILES string of the molecule is O=C1C=C(Br)C(=O)C2=C1[C@@H](c1cc(Br)ccc1O)C1=CC[C@@H]3C(=O)N(CCc4ccc(O)cc4)C(=O)[C@@H]3[C@@H]1C2. The van der Waals surface area contributed by atoms with Gasteiger partial charge in [-0.15, -0.1) is 0 Å². The summed E-state index contributed by atoms with van der Waals surface area (Å²) in [5.74, 6) is -3.37. The van der Waals surface area contributed by atoms with Crippen LogP contribution in [0.3, 0.4) is 0 Å². The van der Waals surface area contributed by atoms with Crippen molar-refractivity contribution in [1.29, 1.82) is 0 Å². The number of phenolic OH excluding ortho intramolecular Hbond substituents is 2. The van der Waals surface area contributed by atoms with Gasteiger partial charge in [0.05, 0.1) is 16.3 Å². The normalized spacial score (nSPS) is 26.3. The molecule has 1 aliphatic heterocycles. The molecule has 0 radical (unpaired) electrons. The van der Waals surface area contributed by atoms with E-state index in [9.17, 15) is 29.4 Å². The Bertz CT molecular complexity index is 1550. The molecule has 198 valence electrons. The number of carbonyl (C=O) groups excluding carboxylic acids is 4. The molecule has 0 spiro atoms. The van der Waals surface area contributed by atoms with E-state index in [1.54, 1.807) is 36.4 Å². The molecule has 4 aliphatic rings. The molecule has 2 aromatic rings. The molecule has 1 fully saturated rings. The Morgan fingerprint density at radius 2 is 1.67 bits per heavy atom. The van der Waals surface area contributed by atoms with Gasteiger partial charge >= 0.3 is 0 Å². The quantitative estimate of drug-likeness (QED) is 0.277. The molecule has 0 saturated carbocycles. The molecule has 1 saturated heterocycles. The number of hydrogen-bond donors (Lipinski definition) is 2. The first-order valence-electron chi connectivity index (χ1n) is 12.7.